The molecule has 0 saturated heterocycles. The minimum atomic E-state index is -0.939. The fourth-order valence-corrected chi connectivity index (χ4v) is 1.82. The molecule has 94 valence electrons. The van der Waals surface area contributed by atoms with Gasteiger partial charge >= 0.3 is 5.97 Å². The quantitative estimate of drug-likeness (QED) is 0.868. The van der Waals surface area contributed by atoms with Crippen LogP contribution in [0.15, 0.2) is 12.1 Å². The Bertz CT molecular complexity index is 420. The Morgan fingerprint density at radius 3 is 2.12 bits per heavy atom. The minimum absolute atomic E-state index is 0.238. The van der Waals surface area contributed by atoms with Gasteiger partial charge in [0.25, 0.3) is 0 Å². The fraction of sp³-hybridized carbons (Fsp3) is 0.500. The van der Waals surface area contributed by atoms with Gasteiger partial charge in [0.2, 0.25) is 0 Å². The van der Waals surface area contributed by atoms with E-state index in [0.29, 0.717) is 11.7 Å². The van der Waals surface area contributed by atoms with Gasteiger partial charge in [-0.2, -0.15) is 0 Å². The molecule has 0 radical (unpaired) electrons. The fourth-order valence-electron chi connectivity index (χ4n) is 1.82. The largest absolute Gasteiger partial charge is 0.496 e. The normalized spacial score (nSPS) is 11.0. The average Bonchev–Trinajstić information content (AvgIpc) is 2.26. The zero-order chi connectivity index (χ0) is 13.2. The Balaban J connectivity index is 3.51. The summed E-state index contributed by atoms with van der Waals surface area (Å²) in [6.07, 6.45) is 0. The summed E-state index contributed by atoms with van der Waals surface area (Å²) >= 11 is 0. The van der Waals surface area contributed by atoms with E-state index in [1.807, 2.05) is 19.9 Å². The molecule has 0 aliphatic carbocycles. The molecule has 0 aromatic heterocycles. The molecule has 0 amide bonds. The summed E-state index contributed by atoms with van der Waals surface area (Å²) in [5, 5.41) is 9.23. The molecule has 17 heavy (non-hydrogen) atoms. The third-order valence-corrected chi connectivity index (χ3v) is 2.86. The molecule has 1 aromatic carbocycles. The second-order valence-corrected chi connectivity index (χ2v) is 4.81. The van der Waals surface area contributed by atoms with E-state index in [1.165, 1.54) is 7.11 Å². The summed E-state index contributed by atoms with van der Waals surface area (Å²) in [7, 11) is 1.52. The standard InChI is InChI=1S/C14H20O3/c1-8(2)10-6-11(9(3)4)13(17-5)12(7-10)14(15)16/h6-9H,1-5H3,(H,15,16). The molecule has 0 aliphatic heterocycles. The SMILES string of the molecule is COc1c(C(=O)O)cc(C(C)C)cc1C(C)C. The maximum absolute atomic E-state index is 11.3. The first-order chi connectivity index (χ1) is 7.88. The zero-order valence-electron chi connectivity index (χ0n) is 11.1. The van der Waals surface area contributed by atoms with Gasteiger partial charge in [0.15, 0.2) is 0 Å². The van der Waals surface area contributed by atoms with Crippen molar-refractivity contribution in [3.05, 3.63) is 28.8 Å². The van der Waals surface area contributed by atoms with Gasteiger partial charge in [-0.25, -0.2) is 4.79 Å². The van der Waals surface area contributed by atoms with E-state index >= 15 is 0 Å². The molecule has 3 nitrogen and oxygen atoms in total. The summed E-state index contributed by atoms with van der Waals surface area (Å²) in [6, 6.07) is 3.75. The lowest BCUT2D eigenvalue weighted by molar-refractivity contribution is 0.0693. The summed E-state index contributed by atoms with van der Waals surface area (Å²) in [5.74, 6) is 0.0846. The predicted octanol–water partition coefficient (Wildman–Crippen LogP) is 3.64. The van der Waals surface area contributed by atoms with Gasteiger partial charge < -0.3 is 9.84 Å². The van der Waals surface area contributed by atoms with Crippen molar-refractivity contribution in [3.63, 3.8) is 0 Å². The monoisotopic (exact) mass is 236 g/mol. The van der Waals surface area contributed by atoms with Gasteiger partial charge in [0, 0.05) is 0 Å². The van der Waals surface area contributed by atoms with Crippen LogP contribution in [-0.4, -0.2) is 18.2 Å². The third-order valence-electron chi connectivity index (χ3n) is 2.86. The molecule has 1 N–H and O–H groups in total. The van der Waals surface area contributed by atoms with Crippen molar-refractivity contribution in [1.82, 2.24) is 0 Å². The van der Waals surface area contributed by atoms with Crippen LogP contribution in [0.3, 0.4) is 0 Å². The summed E-state index contributed by atoms with van der Waals surface area (Å²) < 4.78 is 5.25. The van der Waals surface area contributed by atoms with Gasteiger partial charge in [0.1, 0.15) is 11.3 Å². The first-order valence-corrected chi connectivity index (χ1v) is 5.83. The molecular formula is C14H20O3. The second-order valence-electron chi connectivity index (χ2n) is 4.81. The van der Waals surface area contributed by atoms with E-state index in [0.717, 1.165) is 11.1 Å². The molecule has 3 heteroatoms. The van der Waals surface area contributed by atoms with Crippen molar-refractivity contribution in [2.75, 3.05) is 7.11 Å². The molecule has 0 bridgehead atoms. The number of ether oxygens (including phenoxy) is 1. The highest BCUT2D eigenvalue weighted by atomic mass is 16.5. The first kappa shape index (κ1) is 13.6. The predicted molar refractivity (Wildman–Crippen MR) is 68.1 cm³/mol. The van der Waals surface area contributed by atoms with E-state index in [-0.39, 0.29) is 11.5 Å². The van der Waals surface area contributed by atoms with E-state index < -0.39 is 5.97 Å². The number of hydrogen-bond acceptors (Lipinski definition) is 2. The van der Waals surface area contributed by atoms with Crippen LogP contribution in [0.25, 0.3) is 0 Å². The molecule has 0 heterocycles. The van der Waals surface area contributed by atoms with Crippen molar-refractivity contribution in [2.45, 2.75) is 39.5 Å². The summed E-state index contributed by atoms with van der Waals surface area (Å²) in [4.78, 5) is 11.3. The Kier molecular flexibility index (Phi) is 4.16. The second kappa shape index (κ2) is 5.21. The van der Waals surface area contributed by atoms with Crippen LogP contribution in [0, 0.1) is 0 Å². The van der Waals surface area contributed by atoms with Gasteiger partial charge in [0.05, 0.1) is 7.11 Å². The number of hydrogen-bond donors (Lipinski definition) is 1. The topological polar surface area (TPSA) is 46.5 Å². The lowest BCUT2D eigenvalue weighted by Gasteiger charge is -2.17. The molecule has 0 aliphatic rings. The number of carboxylic acids is 1. The lowest BCUT2D eigenvalue weighted by Crippen LogP contribution is -2.07. The van der Waals surface area contributed by atoms with Crippen molar-refractivity contribution >= 4 is 5.97 Å². The van der Waals surface area contributed by atoms with Crippen LogP contribution in [0.2, 0.25) is 0 Å². The number of methoxy groups -OCH3 is 1. The van der Waals surface area contributed by atoms with Crippen LogP contribution in [0.5, 0.6) is 5.75 Å². The van der Waals surface area contributed by atoms with Gasteiger partial charge in [-0.3, -0.25) is 0 Å². The third kappa shape index (κ3) is 2.78. The van der Waals surface area contributed by atoms with Crippen molar-refractivity contribution in [1.29, 1.82) is 0 Å². The van der Waals surface area contributed by atoms with Crippen molar-refractivity contribution in [2.24, 2.45) is 0 Å². The molecular weight excluding hydrogens is 216 g/mol. The summed E-state index contributed by atoms with van der Waals surface area (Å²) in [5.41, 5.74) is 2.24. The van der Waals surface area contributed by atoms with Gasteiger partial charge in [-0.05, 0) is 29.0 Å². The van der Waals surface area contributed by atoms with E-state index in [9.17, 15) is 9.90 Å². The van der Waals surface area contributed by atoms with Crippen LogP contribution in [0.1, 0.15) is 61.0 Å². The van der Waals surface area contributed by atoms with E-state index in [1.54, 1.807) is 6.07 Å². The number of rotatable bonds is 4. The van der Waals surface area contributed by atoms with Crippen LogP contribution in [0.4, 0.5) is 0 Å². The molecule has 0 saturated carbocycles. The highest BCUT2D eigenvalue weighted by molar-refractivity contribution is 5.92. The maximum atomic E-state index is 11.3. The zero-order valence-corrected chi connectivity index (χ0v) is 11.1. The smallest absolute Gasteiger partial charge is 0.339 e. The number of benzene rings is 1. The molecule has 0 atom stereocenters. The summed E-state index contributed by atoms with van der Waals surface area (Å²) in [6.45, 7) is 8.18. The van der Waals surface area contributed by atoms with Crippen LogP contribution < -0.4 is 4.74 Å². The number of aromatic carboxylic acids is 1. The molecule has 1 aromatic rings. The highest BCUT2D eigenvalue weighted by Crippen LogP contribution is 2.33. The molecule has 0 fully saturated rings. The van der Waals surface area contributed by atoms with E-state index in [4.69, 9.17) is 4.74 Å². The highest BCUT2D eigenvalue weighted by Gasteiger charge is 2.19. The van der Waals surface area contributed by atoms with Gasteiger partial charge in [-0.1, -0.05) is 33.8 Å². The lowest BCUT2D eigenvalue weighted by atomic mass is 9.92. The number of carboxylic acid groups (broad SMARTS) is 1. The molecule has 0 unspecified atom stereocenters. The van der Waals surface area contributed by atoms with Gasteiger partial charge in [-0.15, -0.1) is 0 Å². The first-order valence-electron chi connectivity index (χ1n) is 5.83. The molecule has 0 spiro atoms. The molecule has 1 rings (SSSR count). The Hall–Kier alpha value is -1.51. The Morgan fingerprint density at radius 2 is 1.76 bits per heavy atom. The Labute approximate surface area is 102 Å². The average molecular weight is 236 g/mol. The van der Waals surface area contributed by atoms with E-state index in [2.05, 4.69) is 13.8 Å². The Morgan fingerprint density at radius 1 is 1.18 bits per heavy atom. The maximum Gasteiger partial charge on any atom is 0.339 e. The number of carbonyl (C=O) groups is 1. The van der Waals surface area contributed by atoms with Crippen LogP contribution in [-0.2, 0) is 0 Å². The van der Waals surface area contributed by atoms with Crippen LogP contribution >= 0.6 is 0 Å². The van der Waals surface area contributed by atoms with Crippen molar-refractivity contribution < 1.29 is 14.6 Å². The minimum Gasteiger partial charge on any atom is -0.496 e. The van der Waals surface area contributed by atoms with Crippen molar-refractivity contribution in [3.8, 4) is 5.75 Å².